The fourth-order valence-corrected chi connectivity index (χ4v) is 4.10. The number of halogens is 1. The van der Waals surface area contributed by atoms with Crippen molar-refractivity contribution in [1.29, 1.82) is 0 Å². The molecule has 0 saturated heterocycles. The molecule has 4 rings (SSSR count). The van der Waals surface area contributed by atoms with E-state index in [4.69, 9.17) is 25.8 Å². The molecule has 0 unspecified atom stereocenters. The number of hydrogen-bond donors (Lipinski definition) is 2. The molecule has 0 fully saturated rings. The molecule has 38 heavy (non-hydrogen) atoms. The summed E-state index contributed by atoms with van der Waals surface area (Å²) in [4.78, 5) is 27.6. The molecule has 2 amide bonds. The topological polar surface area (TPSA) is 89.1 Å². The Labute approximate surface area is 227 Å². The van der Waals surface area contributed by atoms with Gasteiger partial charge in [0.25, 0.3) is 0 Å². The molecular weight excluding hydrogens is 506 g/mol. The number of hydrogen-bond acceptors (Lipinski definition) is 6. The summed E-state index contributed by atoms with van der Waals surface area (Å²) in [6.45, 7) is 5.59. The Morgan fingerprint density at radius 1 is 1.00 bits per heavy atom. The molecule has 1 heterocycles. The van der Waals surface area contributed by atoms with Crippen LogP contribution in [-0.2, 0) is 14.3 Å². The van der Waals surface area contributed by atoms with Crippen molar-refractivity contribution in [2.45, 2.75) is 19.8 Å². The van der Waals surface area contributed by atoms with E-state index < -0.39 is 0 Å². The minimum atomic E-state index is -0.314. The summed E-state index contributed by atoms with van der Waals surface area (Å²) in [5.74, 6) is 1.34. The predicted molar refractivity (Wildman–Crippen MR) is 149 cm³/mol. The highest BCUT2D eigenvalue weighted by Gasteiger charge is 2.18. The molecule has 200 valence electrons. The zero-order valence-electron chi connectivity index (χ0n) is 21.5. The first-order chi connectivity index (χ1) is 18.4. The summed E-state index contributed by atoms with van der Waals surface area (Å²) in [5, 5.41) is 6.22. The number of nitrogens with zero attached hydrogens (tertiary/aromatic N) is 1. The highest BCUT2D eigenvalue weighted by molar-refractivity contribution is 6.31. The van der Waals surface area contributed by atoms with Crippen molar-refractivity contribution in [1.82, 2.24) is 4.90 Å². The Morgan fingerprint density at radius 3 is 2.53 bits per heavy atom. The molecule has 3 aromatic carbocycles. The van der Waals surface area contributed by atoms with E-state index in [9.17, 15) is 9.59 Å². The van der Waals surface area contributed by atoms with Crippen LogP contribution in [-0.4, -0.2) is 56.2 Å². The number of amides is 2. The molecular formula is C29H32ClN3O5. The Kier molecular flexibility index (Phi) is 9.59. The number of anilines is 2. The first-order valence-corrected chi connectivity index (χ1v) is 12.9. The summed E-state index contributed by atoms with van der Waals surface area (Å²) in [5.41, 5.74) is 2.31. The van der Waals surface area contributed by atoms with Crippen LogP contribution in [0.1, 0.15) is 25.3 Å². The minimum Gasteiger partial charge on any atom is -0.487 e. The largest absolute Gasteiger partial charge is 0.487 e. The van der Waals surface area contributed by atoms with Crippen LogP contribution >= 0.6 is 11.6 Å². The lowest BCUT2D eigenvalue weighted by Gasteiger charge is -2.21. The quantitative estimate of drug-likeness (QED) is 0.454. The molecule has 0 atom stereocenters. The number of benzene rings is 3. The van der Waals surface area contributed by atoms with Gasteiger partial charge in [-0.05, 0) is 53.9 Å². The monoisotopic (exact) mass is 537 g/mol. The van der Waals surface area contributed by atoms with Crippen molar-refractivity contribution < 1.29 is 23.8 Å². The van der Waals surface area contributed by atoms with Crippen LogP contribution < -0.4 is 20.1 Å². The second-order valence-electron chi connectivity index (χ2n) is 9.23. The van der Waals surface area contributed by atoms with E-state index in [0.717, 1.165) is 0 Å². The number of nitrogens with one attached hydrogen (secondary N) is 2. The maximum absolute atomic E-state index is 13.0. The summed E-state index contributed by atoms with van der Waals surface area (Å²) in [7, 11) is 0. The average molecular weight is 538 g/mol. The second kappa shape index (κ2) is 13.3. The first-order valence-electron chi connectivity index (χ1n) is 12.6. The zero-order valence-corrected chi connectivity index (χ0v) is 22.3. The van der Waals surface area contributed by atoms with E-state index in [1.54, 1.807) is 35.2 Å². The van der Waals surface area contributed by atoms with Gasteiger partial charge in [-0.3, -0.25) is 14.5 Å². The van der Waals surface area contributed by atoms with Gasteiger partial charge in [0.15, 0.2) is 17.2 Å². The van der Waals surface area contributed by atoms with Gasteiger partial charge in [-0.15, -0.1) is 0 Å². The zero-order chi connectivity index (χ0) is 26.9. The van der Waals surface area contributed by atoms with Crippen LogP contribution in [0.15, 0.2) is 66.7 Å². The van der Waals surface area contributed by atoms with E-state index in [0.29, 0.717) is 65.9 Å². The van der Waals surface area contributed by atoms with E-state index in [-0.39, 0.29) is 24.9 Å². The van der Waals surface area contributed by atoms with Crippen molar-refractivity contribution in [2.24, 2.45) is 0 Å². The van der Waals surface area contributed by atoms with Gasteiger partial charge in [0.1, 0.15) is 6.61 Å². The van der Waals surface area contributed by atoms with E-state index in [1.807, 2.05) is 36.4 Å². The lowest BCUT2D eigenvalue weighted by molar-refractivity contribution is -0.120. The Balaban J connectivity index is 1.48. The number of para-hydroxylation sites is 2. The Hall–Kier alpha value is -3.59. The molecule has 0 aliphatic carbocycles. The van der Waals surface area contributed by atoms with Crippen LogP contribution in [0.5, 0.6) is 17.2 Å². The number of rotatable bonds is 4. The molecule has 2 N–H and O–H groups in total. The number of fused-ring (bicyclic) bond motifs is 2. The molecule has 0 saturated carbocycles. The smallest absolute Gasteiger partial charge is 0.238 e. The Bertz CT molecular complexity index is 1250. The minimum absolute atomic E-state index is 0.0174. The molecule has 1 aliphatic heterocycles. The second-order valence-corrected chi connectivity index (χ2v) is 9.67. The molecule has 0 spiro atoms. The van der Waals surface area contributed by atoms with Crippen molar-refractivity contribution in [3.63, 3.8) is 0 Å². The maximum Gasteiger partial charge on any atom is 0.238 e. The van der Waals surface area contributed by atoms with Gasteiger partial charge in [0, 0.05) is 17.3 Å². The maximum atomic E-state index is 13.0. The average Bonchev–Trinajstić information content (AvgIpc) is 2.88. The van der Waals surface area contributed by atoms with Crippen molar-refractivity contribution in [2.75, 3.05) is 50.1 Å². The van der Waals surface area contributed by atoms with Crippen molar-refractivity contribution in [3.8, 4) is 17.2 Å². The fourth-order valence-electron chi connectivity index (χ4n) is 3.93. The van der Waals surface area contributed by atoms with Crippen molar-refractivity contribution in [3.05, 3.63) is 77.3 Å². The summed E-state index contributed by atoms with van der Waals surface area (Å²) in [6.07, 6.45) is 0. The van der Waals surface area contributed by atoms with E-state index in [1.165, 1.54) is 5.56 Å². The third-order valence-corrected chi connectivity index (χ3v) is 6.15. The van der Waals surface area contributed by atoms with Crippen LogP contribution in [0.4, 0.5) is 11.4 Å². The third-order valence-electron chi connectivity index (χ3n) is 5.92. The van der Waals surface area contributed by atoms with Gasteiger partial charge in [-0.1, -0.05) is 49.7 Å². The van der Waals surface area contributed by atoms with E-state index >= 15 is 0 Å². The van der Waals surface area contributed by atoms with Gasteiger partial charge in [0.05, 0.1) is 32.0 Å². The van der Waals surface area contributed by atoms with Gasteiger partial charge in [-0.25, -0.2) is 0 Å². The molecule has 3 aromatic rings. The van der Waals surface area contributed by atoms with Crippen LogP contribution in [0.2, 0.25) is 5.02 Å². The third kappa shape index (κ3) is 7.95. The molecule has 8 nitrogen and oxygen atoms in total. The normalized spacial score (nSPS) is 15.1. The molecule has 9 heteroatoms. The van der Waals surface area contributed by atoms with Gasteiger partial charge >= 0.3 is 0 Å². The van der Waals surface area contributed by atoms with Gasteiger partial charge < -0.3 is 24.8 Å². The van der Waals surface area contributed by atoms with Gasteiger partial charge in [0.2, 0.25) is 11.8 Å². The van der Waals surface area contributed by atoms with Crippen LogP contribution in [0.25, 0.3) is 0 Å². The SMILES string of the molecule is CC(C)c1ccc(NC(=O)CN2CCOCCOc3ccccc3Oc3ccc(Cl)cc3NC(=O)C2)cc1. The standard InChI is InChI=1S/C29H32ClN3O5/c1-20(2)21-7-10-23(11-8-21)31-28(34)18-33-13-14-36-15-16-37-26-5-3-4-6-27(26)38-25-12-9-22(30)17-24(25)32-29(35)19-33/h3-12,17,20H,13-16,18-19H2,1-2H3,(H,31,34)(H,32,35). The summed E-state index contributed by atoms with van der Waals surface area (Å²) < 4.78 is 17.7. The predicted octanol–water partition coefficient (Wildman–Crippen LogP) is 5.54. The number of ether oxygens (including phenoxy) is 3. The van der Waals surface area contributed by atoms with Gasteiger partial charge in [-0.2, -0.15) is 0 Å². The van der Waals surface area contributed by atoms with Crippen LogP contribution in [0, 0.1) is 0 Å². The highest BCUT2D eigenvalue weighted by Crippen LogP contribution is 2.36. The summed E-state index contributed by atoms with van der Waals surface area (Å²) >= 11 is 6.21. The van der Waals surface area contributed by atoms with Crippen LogP contribution in [0.3, 0.4) is 0 Å². The lowest BCUT2D eigenvalue weighted by atomic mass is 10.0. The molecule has 0 aromatic heterocycles. The van der Waals surface area contributed by atoms with Crippen molar-refractivity contribution >= 4 is 34.8 Å². The lowest BCUT2D eigenvalue weighted by Crippen LogP contribution is -2.40. The molecule has 0 bridgehead atoms. The molecule has 1 aliphatic rings. The highest BCUT2D eigenvalue weighted by atomic mass is 35.5. The number of carbonyl (C=O) groups excluding carboxylic acids is 2. The summed E-state index contributed by atoms with van der Waals surface area (Å²) in [6, 6.07) is 20.0. The molecule has 0 radical (unpaired) electrons. The first kappa shape index (κ1) is 27.4. The number of carbonyl (C=O) groups is 2. The fraction of sp³-hybridized carbons (Fsp3) is 0.310. The Morgan fingerprint density at radius 2 is 1.76 bits per heavy atom. The van der Waals surface area contributed by atoms with E-state index in [2.05, 4.69) is 24.5 Å².